The largest absolute Gasteiger partial charge is 0.384 e. The molecule has 2 rings (SSSR count). The van der Waals surface area contributed by atoms with Crippen LogP contribution >= 0.6 is 15.9 Å². The zero-order chi connectivity index (χ0) is 11.7. The Morgan fingerprint density at radius 3 is 2.75 bits per heavy atom. The minimum Gasteiger partial charge on any atom is -0.384 e. The van der Waals surface area contributed by atoms with E-state index in [9.17, 15) is 0 Å². The van der Waals surface area contributed by atoms with E-state index in [0.29, 0.717) is 5.82 Å². The molecule has 0 aliphatic carbocycles. The Bertz CT molecular complexity index is 469. The normalized spacial score (nSPS) is 12.9. The van der Waals surface area contributed by atoms with Crippen LogP contribution in [0.1, 0.15) is 17.3 Å². The summed E-state index contributed by atoms with van der Waals surface area (Å²) in [4.78, 5) is 0. The standard InChI is InChI=1S/C8H12BrN7/c1-16-7(5(9)3-13-16)6(14-11)4-2-12-15-8(4)10/h2-3,6,14H,11H2,1H3,(H3,10,12,15). The molecule has 16 heavy (non-hydrogen) atoms. The fourth-order valence-electron chi connectivity index (χ4n) is 1.60. The van der Waals surface area contributed by atoms with Crippen molar-refractivity contribution in [3.63, 3.8) is 0 Å². The van der Waals surface area contributed by atoms with E-state index in [0.717, 1.165) is 15.7 Å². The maximum atomic E-state index is 5.76. The lowest BCUT2D eigenvalue weighted by atomic mass is 10.1. The molecule has 0 bridgehead atoms. The van der Waals surface area contributed by atoms with Crippen LogP contribution in [0.15, 0.2) is 16.9 Å². The molecule has 0 spiro atoms. The molecule has 0 aromatic carbocycles. The number of hydrogen-bond acceptors (Lipinski definition) is 5. The predicted octanol–water partition coefficient (Wildman–Crippen LogP) is 0.0406. The Morgan fingerprint density at radius 1 is 1.56 bits per heavy atom. The summed E-state index contributed by atoms with van der Waals surface area (Å²) in [5, 5.41) is 10.7. The number of H-pyrrole nitrogens is 1. The Labute approximate surface area is 100 Å². The highest BCUT2D eigenvalue weighted by Gasteiger charge is 2.22. The third-order valence-electron chi connectivity index (χ3n) is 2.39. The molecule has 86 valence electrons. The number of nitrogens with one attached hydrogen (secondary N) is 2. The highest BCUT2D eigenvalue weighted by Crippen LogP contribution is 2.29. The van der Waals surface area contributed by atoms with Gasteiger partial charge in [0.05, 0.1) is 28.6 Å². The predicted molar refractivity (Wildman–Crippen MR) is 63.1 cm³/mol. The number of hydrogen-bond donors (Lipinski definition) is 4. The SMILES string of the molecule is Cn1ncc(Br)c1C(NN)c1cn[nH]c1N. The van der Waals surface area contributed by atoms with Gasteiger partial charge in [-0.25, -0.2) is 5.43 Å². The average Bonchev–Trinajstić information content (AvgIpc) is 2.80. The van der Waals surface area contributed by atoms with Crippen molar-refractivity contribution in [3.05, 3.63) is 28.1 Å². The highest BCUT2D eigenvalue weighted by atomic mass is 79.9. The first-order valence-corrected chi connectivity index (χ1v) is 5.36. The summed E-state index contributed by atoms with van der Waals surface area (Å²) in [7, 11) is 1.83. The van der Waals surface area contributed by atoms with Gasteiger partial charge < -0.3 is 5.73 Å². The molecular formula is C8H12BrN7. The van der Waals surface area contributed by atoms with Crippen LogP contribution in [0.5, 0.6) is 0 Å². The molecule has 0 aliphatic heterocycles. The number of rotatable bonds is 3. The number of aryl methyl sites for hydroxylation is 1. The Hall–Kier alpha value is -1.38. The quantitative estimate of drug-likeness (QED) is 0.470. The molecule has 0 saturated heterocycles. The van der Waals surface area contributed by atoms with Crippen molar-refractivity contribution in [1.82, 2.24) is 25.4 Å². The van der Waals surface area contributed by atoms with Crippen LogP contribution in [0.2, 0.25) is 0 Å². The van der Waals surface area contributed by atoms with Gasteiger partial charge in [0.2, 0.25) is 0 Å². The molecule has 7 nitrogen and oxygen atoms in total. The van der Waals surface area contributed by atoms with Crippen LogP contribution in [0.4, 0.5) is 5.82 Å². The average molecular weight is 286 g/mol. The molecule has 2 aromatic rings. The lowest BCUT2D eigenvalue weighted by Gasteiger charge is -2.16. The number of hydrazine groups is 1. The Morgan fingerprint density at radius 2 is 2.31 bits per heavy atom. The van der Waals surface area contributed by atoms with Gasteiger partial charge in [0.1, 0.15) is 5.82 Å². The lowest BCUT2D eigenvalue weighted by molar-refractivity contribution is 0.574. The summed E-state index contributed by atoms with van der Waals surface area (Å²) in [6.07, 6.45) is 3.34. The number of anilines is 1. The van der Waals surface area contributed by atoms with E-state index < -0.39 is 0 Å². The van der Waals surface area contributed by atoms with Crippen molar-refractivity contribution in [1.29, 1.82) is 0 Å². The molecule has 1 unspecified atom stereocenters. The number of aromatic nitrogens is 4. The molecule has 2 heterocycles. The first-order valence-electron chi connectivity index (χ1n) is 4.57. The molecule has 0 amide bonds. The summed E-state index contributed by atoms with van der Waals surface area (Å²) in [6, 6.07) is -0.263. The van der Waals surface area contributed by atoms with Crippen molar-refractivity contribution in [3.8, 4) is 0 Å². The molecule has 0 fully saturated rings. The fraction of sp³-hybridized carbons (Fsp3) is 0.250. The van der Waals surface area contributed by atoms with Crippen LogP contribution in [0.3, 0.4) is 0 Å². The summed E-state index contributed by atoms with van der Waals surface area (Å²) in [5.41, 5.74) is 10.1. The van der Waals surface area contributed by atoms with E-state index in [1.54, 1.807) is 17.1 Å². The lowest BCUT2D eigenvalue weighted by Crippen LogP contribution is -2.31. The second-order valence-corrected chi connectivity index (χ2v) is 4.19. The number of nitrogen functional groups attached to an aromatic ring is 1. The first-order chi connectivity index (χ1) is 7.65. The number of aromatic amines is 1. The van der Waals surface area contributed by atoms with Gasteiger partial charge in [-0.15, -0.1) is 0 Å². The van der Waals surface area contributed by atoms with Gasteiger partial charge in [-0.05, 0) is 15.9 Å². The molecule has 8 heteroatoms. The van der Waals surface area contributed by atoms with Crippen molar-refractivity contribution in [2.45, 2.75) is 6.04 Å². The van der Waals surface area contributed by atoms with Gasteiger partial charge in [-0.2, -0.15) is 10.2 Å². The van der Waals surface area contributed by atoms with E-state index in [4.69, 9.17) is 11.6 Å². The smallest absolute Gasteiger partial charge is 0.124 e. The summed E-state index contributed by atoms with van der Waals surface area (Å²) < 4.78 is 2.58. The molecule has 0 saturated carbocycles. The zero-order valence-electron chi connectivity index (χ0n) is 8.61. The minimum atomic E-state index is -0.263. The molecule has 2 aromatic heterocycles. The van der Waals surface area contributed by atoms with Crippen LogP contribution in [0, 0.1) is 0 Å². The van der Waals surface area contributed by atoms with Crippen molar-refractivity contribution in [2.24, 2.45) is 12.9 Å². The number of halogens is 1. The first kappa shape index (κ1) is 11.1. The van der Waals surface area contributed by atoms with Gasteiger partial charge >= 0.3 is 0 Å². The van der Waals surface area contributed by atoms with E-state index in [1.807, 2.05) is 7.05 Å². The van der Waals surface area contributed by atoms with Gasteiger partial charge in [-0.1, -0.05) is 0 Å². The second kappa shape index (κ2) is 4.24. The van der Waals surface area contributed by atoms with E-state index in [-0.39, 0.29) is 6.04 Å². The van der Waals surface area contributed by atoms with Crippen LogP contribution < -0.4 is 17.0 Å². The highest BCUT2D eigenvalue weighted by molar-refractivity contribution is 9.10. The fourth-order valence-corrected chi connectivity index (χ4v) is 2.17. The van der Waals surface area contributed by atoms with E-state index in [1.165, 1.54) is 0 Å². The van der Waals surface area contributed by atoms with E-state index in [2.05, 4.69) is 36.7 Å². The molecule has 0 aliphatic rings. The molecule has 1 atom stereocenters. The molecule has 6 N–H and O–H groups in total. The van der Waals surface area contributed by atoms with E-state index >= 15 is 0 Å². The van der Waals surface area contributed by atoms with Crippen LogP contribution in [-0.2, 0) is 7.05 Å². The van der Waals surface area contributed by atoms with Crippen molar-refractivity contribution >= 4 is 21.7 Å². The topological polar surface area (TPSA) is 111 Å². The maximum absolute atomic E-state index is 5.76. The Kier molecular flexibility index (Phi) is 2.95. The van der Waals surface area contributed by atoms with Gasteiger partial charge in [0, 0.05) is 12.6 Å². The number of nitrogens with two attached hydrogens (primary N) is 2. The van der Waals surface area contributed by atoms with Crippen molar-refractivity contribution < 1.29 is 0 Å². The van der Waals surface area contributed by atoms with Gasteiger partial charge in [-0.3, -0.25) is 15.6 Å². The van der Waals surface area contributed by atoms with Gasteiger partial charge in [0.15, 0.2) is 0 Å². The maximum Gasteiger partial charge on any atom is 0.124 e. The summed E-state index contributed by atoms with van der Waals surface area (Å²) >= 11 is 3.42. The van der Waals surface area contributed by atoms with Crippen LogP contribution in [-0.4, -0.2) is 20.0 Å². The third kappa shape index (κ3) is 1.70. The summed E-state index contributed by atoms with van der Waals surface area (Å²) in [6.45, 7) is 0. The molecule has 0 radical (unpaired) electrons. The number of nitrogens with zero attached hydrogens (tertiary/aromatic N) is 3. The monoisotopic (exact) mass is 285 g/mol. The molecular weight excluding hydrogens is 274 g/mol. The minimum absolute atomic E-state index is 0.263. The van der Waals surface area contributed by atoms with Crippen molar-refractivity contribution in [2.75, 3.05) is 5.73 Å². The third-order valence-corrected chi connectivity index (χ3v) is 3.00. The van der Waals surface area contributed by atoms with Gasteiger partial charge in [0.25, 0.3) is 0 Å². The van der Waals surface area contributed by atoms with Crippen LogP contribution in [0.25, 0.3) is 0 Å². The second-order valence-electron chi connectivity index (χ2n) is 3.34. The zero-order valence-corrected chi connectivity index (χ0v) is 10.2. The summed E-state index contributed by atoms with van der Waals surface area (Å²) in [5.74, 6) is 6.04. The Balaban J connectivity index is 2.49.